The zero-order valence-corrected chi connectivity index (χ0v) is 14.1. The molecular weight excluding hydrogens is 262 g/mol. The Hall–Kier alpha value is -0.570. The quantitative estimate of drug-likeness (QED) is 0.851. The van der Waals surface area contributed by atoms with E-state index in [0.29, 0.717) is 5.92 Å². The summed E-state index contributed by atoms with van der Waals surface area (Å²) in [5, 5.41) is 9.79. The highest BCUT2D eigenvalue weighted by atomic mass is 16.4. The van der Waals surface area contributed by atoms with Crippen LogP contribution in [0.1, 0.15) is 65.7 Å². The smallest absolute Gasteiger partial charge is 0.310 e. The molecule has 2 rings (SSSR count). The van der Waals surface area contributed by atoms with Crippen LogP contribution >= 0.6 is 0 Å². The van der Waals surface area contributed by atoms with Crippen LogP contribution in [0.3, 0.4) is 0 Å². The lowest BCUT2D eigenvalue weighted by molar-refractivity contribution is -0.153. The Labute approximate surface area is 130 Å². The van der Waals surface area contributed by atoms with E-state index in [9.17, 15) is 9.90 Å². The van der Waals surface area contributed by atoms with Gasteiger partial charge in [-0.3, -0.25) is 4.79 Å². The highest BCUT2D eigenvalue weighted by Crippen LogP contribution is 2.40. The van der Waals surface area contributed by atoms with Crippen molar-refractivity contribution >= 4 is 5.97 Å². The number of likely N-dealkylation sites (tertiary alicyclic amines) is 1. The van der Waals surface area contributed by atoms with Crippen LogP contribution < -0.4 is 0 Å². The van der Waals surface area contributed by atoms with Crippen molar-refractivity contribution in [1.82, 2.24) is 4.90 Å². The second-order valence-electron chi connectivity index (χ2n) is 7.98. The van der Waals surface area contributed by atoms with Crippen molar-refractivity contribution in [3.8, 4) is 0 Å². The standard InChI is InChI=1S/C18H33NO2/c1-14(2)16-5-4-11-19(12-8-16)13-18(17(20)21)9-6-15(3)7-10-18/h14-16H,4-13H2,1-3H3,(H,20,21). The Morgan fingerprint density at radius 3 is 2.43 bits per heavy atom. The van der Waals surface area contributed by atoms with Crippen LogP contribution in [0.2, 0.25) is 0 Å². The Morgan fingerprint density at radius 2 is 1.86 bits per heavy atom. The van der Waals surface area contributed by atoms with E-state index in [1.807, 2.05) is 0 Å². The largest absolute Gasteiger partial charge is 0.481 e. The summed E-state index contributed by atoms with van der Waals surface area (Å²) in [6, 6.07) is 0. The van der Waals surface area contributed by atoms with Crippen LogP contribution in [0.5, 0.6) is 0 Å². The van der Waals surface area contributed by atoms with Crippen molar-refractivity contribution in [2.75, 3.05) is 19.6 Å². The summed E-state index contributed by atoms with van der Waals surface area (Å²) in [4.78, 5) is 14.3. The number of rotatable bonds is 4. The molecule has 1 aliphatic carbocycles. The van der Waals surface area contributed by atoms with Crippen LogP contribution in [0.25, 0.3) is 0 Å². The van der Waals surface area contributed by atoms with Crippen molar-refractivity contribution in [2.45, 2.75) is 65.7 Å². The summed E-state index contributed by atoms with van der Waals surface area (Å²) in [5.74, 6) is 1.72. The molecule has 1 unspecified atom stereocenters. The molecule has 1 saturated carbocycles. The fourth-order valence-electron chi connectivity index (χ4n) is 4.19. The molecule has 1 heterocycles. The minimum Gasteiger partial charge on any atom is -0.481 e. The fraction of sp³-hybridized carbons (Fsp3) is 0.944. The maximum Gasteiger partial charge on any atom is 0.310 e. The van der Waals surface area contributed by atoms with E-state index >= 15 is 0 Å². The molecule has 1 aliphatic heterocycles. The van der Waals surface area contributed by atoms with Gasteiger partial charge in [0.1, 0.15) is 0 Å². The van der Waals surface area contributed by atoms with Crippen molar-refractivity contribution in [2.24, 2.45) is 23.2 Å². The van der Waals surface area contributed by atoms with Gasteiger partial charge in [-0.1, -0.05) is 20.8 Å². The van der Waals surface area contributed by atoms with Gasteiger partial charge in [-0.25, -0.2) is 0 Å². The number of aliphatic carboxylic acids is 1. The predicted octanol–water partition coefficient (Wildman–Crippen LogP) is 4.03. The van der Waals surface area contributed by atoms with Crippen LogP contribution in [-0.2, 0) is 4.79 Å². The van der Waals surface area contributed by atoms with Gasteiger partial charge in [-0.05, 0) is 75.8 Å². The van der Waals surface area contributed by atoms with E-state index in [-0.39, 0.29) is 0 Å². The van der Waals surface area contributed by atoms with E-state index in [1.54, 1.807) is 0 Å². The Bertz CT molecular complexity index is 345. The van der Waals surface area contributed by atoms with Crippen molar-refractivity contribution in [3.05, 3.63) is 0 Å². The van der Waals surface area contributed by atoms with Crippen LogP contribution in [0.4, 0.5) is 0 Å². The SMILES string of the molecule is CC1CCC(CN2CCCC(C(C)C)CC2)(C(=O)O)CC1. The highest BCUT2D eigenvalue weighted by molar-refractivity contribution is 5.75. The molecule has 0 radical (unpaired) electrons. The first-order chi connectivity index (χ1) is 9.93. The monoisotopic (exact) mass is 295 g/mol. The van der Waals surface area contributed by atoms with Gasteiger partial charge in [0.25, 0.3) is 0 Å². The molecule has 3 nitrogen and oxygen atoms in total. The van der Waals surface area contributed by atoms with Crippen molar-refractivity contribution in [1.29, 1.82) is 0 Å². The first kappa shape index (κ1) is 16.8. The third kappa shape index (κ3) is 4.21. The van der Waals surface area contributed by atoms with Gasteiger partial charge in [0.2, 0.25) is 0 Å². The average Bonchev–Trinajstić information content (AvgIpc) is 2.67. The number of carboxylic acid groups (broad SMARTS) is 1. The minimum atomic E-state index is -0.556. The molecule has 1 atom stereocenters. The first-order valence-corrected chi connectivity index (χ1v) is 8.89. The molecule has 122 valence electrons. The minimum absolute atomic E-state index is 0.468. The third-order valence-electron chi connectivity index (χ3n) is 6.02. The van der Waals surface area contributed by atoms with E-state index in [4.69, 9.17) is 0 Å². The van der Waals surface area contributed by atoms with E-state index in [2.05, 4.69) is 25.7 Å². The van der Waals surface area contributed by atoms with Gasteiger partial charge < -0.3 is 10.0 Å². The average molecular weight is 295 g/mol. The van der Waals surface area contributed by atoms with Gasteiger partial charge in [0.15, 0.2) is 0 Å². The van der Waals surface area contributed by atoms with Gasteiger partial charge in [0, 0.05) is 6.54 Å². The summed E-state index contributed by atoms with van der Waals surface area (Å²) < 4.78 is 0. The summed E-state index contributed by atoms with van der Waals surface area (Å²) in [5.41, 5.74) is -0.468. The lowest BCUT2D eigenvalue weighted by Crippen LogP contribution is -2.45. The van der Waals surface area contributed by atoms with Crippen molar-refractivity contribution < 1.29 is 9.90 Å². The van der Waals surface area contributed by atoms with Gasteiger partial charge in [0.05, 0.1) is 5.41 Å². The molecule has 1 N–H and O–H groups in total. The molecule has 0 aromatic heterocycles. The number of carboxylic acids is 1. The first-order valence-electron chi connectivity index (χ1n) is 8.89. The molecule has 3 heteroatoms. The Kier molecular flexibility index (Phi) is 5.70. The van der Waals surface area contributed by atoms with Crippen LogP contribution in [-0.4, -0.2) is 35.6 Å². The number of carbonyl (C=O) groups is 1. The van der Waals surface area contributed by atoms with Crippen molar-refractivity contribution in [3.63, 3.8) is 0 Å². The van der Waals surface area contributed by atoms with E-state index in [1.165, 1.54) is 19.3 Å². The van der Waals surface area contributed by atoms with Crippen LogP contribution in [0, 0.1) is 23.2 Å². The predicted molar refractivity (Wildman–Crippen MR) is 86.3 cm³/mol. The summed E-state index contributed by atoms with van der Waals surface area (Å²) in [7, 11) is 0. The molecule has 2 fully saturated rings. The van der Waals surface area contributed by atoms with Gasteiger partial charge >= 0.3 is 5.97 Å². The Balaban J connectivity index is 1.96. The molecule has 0 aromatic rings. The number of nitrogens with zero attached hydrogens (tertiary/aromatic N) is 1. The molecule has 0 bridgehead atoms. The van der Waals surface area contributed by atoms with E-state index < -0.39 is 11.4 Å². The maximum absolute atomic E-state index is 11.9. The lowest BCUT2D eigenvalue weighted by atomic mass is 9.70. The number of hydrogen-bond acceptors (Lipinski definition) is 2. The molecule has 21 heavy (non-hydrogen) atoms. The molecule has 1 saturated heterocycles. The summed E-state index contributed by atoms with van der Waals surface area (Å²) in [6.45, 7) is 9.86. The Morgan fingerprint density at radius 1 is 1.19 bits per heavy atom. The van der Waals surface area contributed by atoms with Crippen LogP contribution in [0.15, 0.2) is 0 Å². The lowest BCUT2D eigenvalue weighted by Gasteiger charge is -2.39. The molecular formula is C18H33NO2. The highest BCUT2D eigenvalue weighted by Gasteiger charge is 2.42. The second kappa shape index (κ2) is 7.13. The number of hydrogen-bond donors (Lipinski definition) is 1. The molecule has 2 aliphatic rings. The normalized spacial score (nSPS) is 35.6. The zero-order valence-electron chi connectivity index (χ0n) is 14.1. The molecule has 0 amide bonds. The maximum atomic E-state index is 11.9. The summed E-state index contributed by atoms with van der Waals surface area (Å²) in [6.07, 6.45) is 7.68. The zero-order chi connectivity index (χ0) is 15.5. The van der Waals surface area contributed by atoms with E-state index in [0.717, 1.165) is 57.2 Å². The molecule has 0 aromatic carbocycles. The summed E-state index contributed by atoms with van der Waals surface area (Å²) >= 11 is 0. The fourth-order valence-corrected chi connectivity index (χ4v) is 4.19. The second-order valence-corrected chi connectivity index (χ2v) is 7.98. The van der Waals surface area contributed by atoms with Gasteiger partial charge in [-0.2, -0.15) is 0 Å². The third-order valence-corrected chi connectivity index (χ3v) is 6.02. The topological polar surface area (TPSA) is 40.5 Å². The molecule has 0 spiro atoms. The van der Waals surface area contributed by atoms with Gasteiger partial charge in [-0.15, -0.1) is 0 Å².